The second kappa shape index (κ2) is 7.43. The molecule has 2 aliphatic heterocycles. The molecule has 1 aromatic heterocycles. The predicted molar refractivity (Wildman–Crippen MR) is 104 cm³/mol. The van der Waals surface area contributed by atoms with Crippen LogP contribution in [0.4, 0.5) is 5.95 Å². The van der Waals surface area contributed by atoms with Crippen LogP contribution in [0.15, 0.2) is 18.5 Å². The van der Waals surface area contributed by atoms with Crippen LogP contribution in [0.25, 0.3) is 0 Å². The Morgan fingerprint density at radius 3 is 2.25 bits per heavy atom. The van der Waals surface area contributed by atoms with Crippen molar-refractivity contribution in [2.24, 2.45) is 23.7 Å². The van der Waals surface area contributed by atoms with Gasteiger partial charge < -0.3 is 4.90 Å². The van der Waals surface area contributed by atoms with Gasteiger partial charge in [-0.15, -0.1) is 0 Å². The number of fused-ring (bicyclic) bond motifs is 5. The topological polar surface area (TPSA) is 69.6 Å². The van der Waals surface area contributed by atoms with Crippen molar-refractivity contribution in [3.8, 4) is 0 Å². The van der Waals surface area contributed by atoms with E-state index in [2.05, 4.69) is 19.8 Å². The van der Waals surface area contributed by atoms with Crippen LogP contribution in [-0.4, -0.2) is 70.8 Å². The highest BCUT2D eigenvalue weighted by molar-refractivity contribution is 6.06. The summed E-state index contributed by atoms with van der Waals surface area (Å²) in [5.41, 5.74) is 0. The Labute approximate surface area is 167 Å². The van der Waals surface area contributed by atoms with E-state index in [4.69, 9.17) is 1.37 Å². The van der Waals surface area contributed by atoms with Gasteiger partial charge in [-0.05, 0) is 56.5 Å². The first-order chi connectivity index (χ1) is 14.1. The van der Waals surface area contributed by atoms with Gasteiger partial charge in [-0.2, -0.15) is 0 Å². The number of carbonyl (C=O) groups excluding carboxylic acids is 2. The van der Waals surface area contributed by atoms with E-state index >= 15 is 0 Å². The minimum Gasteiger partial charge on any atom is -0.338 e. The summed E-state index contributed by atoms with van der Waals surface area (Å²) in [6, 6.07) is 1.81. The summed E-state index contributed by atoms with van der Waals surface area (Å²) < 4.78 is 8.50. The largest absolute Gasteiger partial charge is 0.338 e. The molecule has 150 valence electrons. The first-order valence-electron chi connectivity index (χ1n) is 11.2. The molecule has 0 N–H and O–H groups in total. The standard InChI is InChI=1S/C21H29N5O2/c27-19-17-15-4-5-16(14-15)18(17)20(28)26(19)9-2-1-8-24-10-12-25(13-11-24)21-22-6-3-7-23-21/h3,6-7,15-18H,1-2,4-5,8-14H2/t15-,16-,17-,18+/m1/s1/i8D/t8?,15-,16-,17-,18+. The number of hydrogen-bond donors (Lipinski definition) is 0. The van der Waals surface area contributed by atoms with E-state index in [0.717, 1.165) is 51.4 Å². The number of aromatic nitrogens is 2. The monoisotopic (exact) mass is 384 g/mol. The van der Waals surface area contributed by atoms with Gasteiger partial charge in [0.2, 0.25) is 17.8 Å². The molecular formula is C21H29N5O2. The summed E-state index contributed by atoms with van der Waals surface area (Å²) in [5.74, 6) is 1.73. The Morgan fingerprint density at radius 2 is 1.61 bits per heavy atom. The third-order valence-electron chi connectivity index (χ3n) is 7.14. The number of likely N-dealkylation sites (tertiary alicyclic amines) is 1. The molecule has 0 radical (unpaired) electrons. The molecule has 3 heterocycles. The van der Waals surface area contributed by atoms with Gasteiger partial charge in [-0.25, -0.2) is 9.97 Å². The van der Waals surface area contributed by atoms with Crippen molar-refractivity contribution in [2.45, 2.75) is 32.1 Å². The van der Waals surface area contributed by atoms with E-state index in [1.165, 1.54) is 4.90 Å². The summed E-state index contributed by atoms with van der Waals surface area (Å²) in [5, 5.41) is 0. The third-order valence-corrected chi connectivity index (χ3v) is 7.14. The number of nitrogens with zero attached hydrogens (tertiary/aromatic N) is 5. The van der Waals surface area contributed by atoms with Gasteiger partial charge in [0.15, 0.2) is 0 Å². The SMILES string of the molecule is [2H]C(CCCN1C(=O)[C@@H]2[C@@H]3CC[C@H](C3)[C@@H]2C1=O)N1CCN(c2ncccn2)CC1. The fourth-order valence-electron chi connectivity index (χ4n) is 5.77. The average Bonchev–Trinajstić information content (AvgIpc) is 3.44. The molecule has 7 nitrogen and oxygen atoms in total. The van der Waals surface area contributed by atoms with Crippen LogP contribution in [0.1, 0.15) is 33.5 Å². The Bertz CT molecular complexity index is 742. The Kier molecular flexibility index (Phi) is 4.48. The molecule has 2 saturated heterocycles. The molecule has 4 fully saturated rings. The Hall–Kier alpha value is -2.02. The molecule has 1 unspecified atom stereocenters. The minimum absolute atomic E-state index is 0.0265. The van der Waals surface area contributed by atoms with Crippen LogP contribution in [0.3, 0.4) is 0 Å². The van der Waals surface area contributed by atoms with Crippen LogP contribution >= 0.6 is 0 Å². The first kappa shape index (κ1) is 16.9. The lowest BCUT2D eigenvalue weighted by Crippen LogP contribution is -2.47. The summed E-state index contributed by atoms with van der Waals surface area (Å²) in [6.45, 7) is 3.43. The van der Waals surface area contributed by atoms with Crippen molar-refractivity contribution in [1.82, 2.24) is 19.8 Å². The number of amides is 2. The van der Waals surface area contributed by atoms with Crippen LogP contribution in [-0.2, 0) is 9.59 Å². The zero-order valence-electron chi connectivity index (χ0n) is 17.2. The highest BCUT2D eigenvalue weighted by Crippen LogP contribution is 2.56. The molecule has 1 aromatic rings. The van der Waals surface area contributed by atoms with Crippen LogP contribution in [0, 0.1) is 23.7 Å². The zero-order chi connectivity index (χ0) is 20.0. The number of hydrogen-bond acceptors (Lipinski definition) is 6. The molecule has 0 spiro atoms. The van der Waals surface area contributed by atoms with Gasteiger partial charge in [-0.1, -0.05) is 0 Å². The Morgan fingerprint density at radius 1 is 0.964 bits per heavy atom. The van der Waals surface area contributed by atoms with Crippen LogP contribution in [0.5, 0.6) is 0 Å². The summed E-state index contributed by atoms with van der Waals surface area (Å²) >= 11 is 0. The summed E-state index contributed by atoms with van der Waals surface area (Å²) in [4.78, 5) is 40.0. The summed E-state index contributed by atoms with van der Waals surface area (Å²) in [7, 11) is 0. The molecule has 5 atom stereocenters. The number of piperazine rings is 1. The van der Waals surface area contributed by atoms with E-state index in [9.17, 15) is 9.59 Å². The first-order valence-corrected chi connectivity index (χ1v) is 10.7. The molecular weight excluding hydrogens is 354 g/mol. The maximum absolute atomic E-state index is 12.8. The lowest BCUT2D eigenvalue weighted by Gasteiger charge is -2.34. The molecule has 7 heteroatoms. The summed E-state index contributed by atoms with van der Waals surface area (Å²) in [6.07, 6.45) is 8.21. The van der Waals surface area contributed by atoms with E-state index in [-0.39, 0.29) is 30.2 Å². The lowest BCUT2D eigenvalue weighted by molar-refractivity contribution is -0.140. The highest BCUT2D eigenvalue weighted by Gasteiger charge is 2.60. The van der Waals surface area contributed by atoms with Crippen molar-refractivity contribution in [3.63, 3.8) is 0 Å². The van der Waals surface area contributed by atoms with Crippen molar-refractivity contribution in [2.75, 3.05) is 44.1 Å². The molecule has 2 saturated carbocycles. The van der Waals surface area contributed by atoms with Gasteiger partial charge in [0, 0.05) is 46.5 Å². The second-order valence-corrected chi connectivity index (χ2v) is 8.61. The maximum Gasteiger partial charge on any atom is 0.233 e. The second-order valence-electron chi connectivity index (χ2n) is 8.61. The average molecular weight is 385 g/mol. The molecule has 4 aliphatic rings. The maximum atomic E-state index is 12.8. The molecule has 28 heavy (non-hydrogen) atoms. The van der Waals surface area contributed by atoms with Gasteiger partial charge in [0.25, 0.3) is 0 Å². The number of rotatable bonds is 6. The van der Waals surface area contributed by atoms with Crippen molar-refractivity contribution >= 4 is 17.8 Å². The third kappa shape index (κ3) is 3.09. The van der Waals surface area contributed by atoms with Crippen LogP contribution in [0.2, 0.25) is 0 Å². The number of carbonyl (C=O) groups is 2. The van der Waals surface area contributed by atoms with Crippen molar-refractivity contribution in [1.29, 1.82) is 0 Å². The molecule has 2 amide bonds. The molecule has 2 bridgehead atoms. The number of imide groups is 1. The van der Waals surface area contributed by atoms with Gasteiger partial charge >= 0.3 is 0 Å². The Balaban J connectivity index is 1.09. The van der Waals surface area contributed by atoms with Gasteiger partial charge in [-0.3, -0.25) is 19.4 Å². The fourth-order valence-corrected chi connectivity index (χ4v) is 5.77. The van der Waals surface area contributed by atoms with E-state index in [1.54, 1.807) is 12.4 Å². The van der Waals surface area contributed by atoms with Gasteiger partial charge in [0.1, 0.15) is 0 Å². The molecule has 5 rings (SSSR count). The molecule has 2 aliphatic carbocycles. The highest BCUT2D eigenvalue weighted by atomic mass is 16.2. The fraction of sp³-hybridized carbons (Fsp3) is 0.714. The van der Waals surface area contributed by atoms with E-state index in [0.29, 0.717) is 31.2 Å². The van der Waals surface area contributed by atoms with Gasteiger partial charge in [0.05, 0.1) is 11.8 Å². The van der Waals surface area contributed by atoms with E-state index in [1.807, 2.05) is 6.07 Å². The van der Waals surface area contributed by atoms with Crippen molar-refractivity contribution < 1.29 is 11.0 Å². The van der Waals surface area contributed by atoms with Crippen molar-refractivity contribution in [3.05, 3.63) is 18.5 Å². The normalized spacial score (nSPS) is 34.1. The lowest BCUT2D eigenvalue weighted by atomic mass is 9.81. The zero-order valence-corrected chi connectivity index (χ0v) is 16.2. The smallest absolute Gasteiger partial charge is 0.233 e. The molecule has 0 aromatic carbocycles. The predicted octanol–water partition coefficient (Wildman–Crippen LogP) is 1.41. The quantitative estimate of drug-likeness (QED) is 0.691. The van der Waals surface area contributed by atoms with E-state index < -0.39 is 0 Å². The number of anilines is 1. The minimum atomic E-state index is -0.294. The van der Waals surface area contributed by atoms with Crippen LogP contribution < -0.4 is 4.90 Å².